The van der Waals surface area contributed by atoms with Crippen LogP contribution in [0.5, 0.6) is 0 Å². The van der Waals surface area contributed by atoms with E-state index in [2.05, 4.69) is 5.32 Å². The highest BCUT2D eigenvalue weighted by Gasteiger charge is 2.19. The van der Waals surface area contributed by atoms with E-state index in [0.717, 1.165) is 12.8 Å². The first-order valence-electron chi connectivity index (χ1n) is 6.45. The highest BCUT2D eigenvalue weighted by Crippen LogP contribution is 2.28. The van der Waals surface area contributed by atoms with Gasteiger partial charge in [0.15, 0.2) is 0 Å². The zero-order valence-corrected chi connectivity index (χ0v) is 11.4. The van der Waals surface area contributed by atoms with E-state index in [1.165, 1.54) is 31.0 Å². The van der Waals surface area contributed by atoms with E-state index in [4.69, 9.17) is 18.0 Å². The summed E-state index contributed by atoms with van der Waals surface area (Å²) >= 11 is 4.87. The quantitative estimate of drug-likeness (QED) is 0.834. The molecule has 1 saturated carbocycles. The van der Waals surface area contributed by atoms with E-state index in [1.807, 2.05) is 0 Å². The first kappa shape index (κ1) is 13.9. The molecule has 0 heterocycles. The van der Waals surface area contributed by atoms with Crippen LogP contribution in [0.15, 0.2) is 18.2 Å². The lowest BCUT2D eigenvalue weighted by atomic mass is 10.0. The number of rotatable bonds is 4. The topological polar surface area (TPSA) is 55.1 Å². The van der Waals surface area contributed by atoms with Gasteiger partial charge in [-0.2, -0.15) is 0 Å². The molecule has 3 nitrogen and oxygen atoms in total. The fourth-order valence-corrected chi connectivity index (χ4v) is 2.68. The molecular formula is C14H17FN2OS. The first-order chi connectivity index (χ1) is 9.06. The normalized spacial score (nSPS) is 15.4. The molecule has 1 aromatic carbocycles. The number of benzene rings is 1. The Morgan fingerprint density at radius 3 is 2.74 bits per heavy atom. The van der Waals surface area contributed by atoms with E-state index in [1.54, 1.807) is 0 Å². The molecule has 1 amide bonds. The van der Waals surface area contributed by atoms with Gasteiger partial charge in [-0.3, -0.25) is 4.79 Å². The minimum absolute atomic E-state index is 0.0593. The molecule has 0 aromatic heterocycles. The van der Waals surface area contributed by atoms with Crippen LogP contribution in [0, 0.1) is 11.7 Å². The summed E-state index contributed by atoms with van der Waals surface area (Å²) in [6, 6.07) is 4.02. The molecule has 1 aromatic rings. The molecule has 3 N–H and O–H groups in total. The van der Waals surface area contributed by atoms with Crippen molar-refractivity contribution < 1.29 is 9.18 Å². The fourth-order valence-electron chi connectivity index (χ4n) is 2.51. The van der Waals surface area contributed by atoms with E-state index in [0.29, 0.717) is 23.6 Å². The maximum atomic E-state index is 13.1. The molecule has 1 aliphatic rings. The van der Waals surface area contributed by atoms with Crippen molar-refractivity contribution in [2.75, 3.05) is 5.32 Å². The fraction of sp³-hybridized carbons (Fsp3) is 0.429. The number of amides is 1. The van der Waals surface area contributed by atoms with E-state index in [9.17, 15) is 9.18 Å². The summed E-state index contributed by atoms with van der Waals surface area (Å²) in [5, 5.41) is 2.77. The van der Waals surface area contributed by atoms with Gasteiger partial charge >= 0.3 is 0 Å². The van der Waals surface area contributed by atoms with Crippen LogP contribution >= 0.6 is 12.2 Å². The minimum atomic E-state index is -0.420. The van der Waals surface area contributed by atoms with Crippen LogP contribution in [0.1, 0.15) is 37.7 Å². The molecule has 0 saturated heterocycles. The number of thiocarbonyl (C=S) groups is 1. The summed E-state index contributed by atoms with van der Waals surface area (Å²) in [6.45, 7) is 0. The predicted molar refractivity (Wildman–Crippen MR) is 77.5 cm³/mol. The van der Waals surface area contributed by atoms with Gasteiger partial charge in [0.1, 0.15) is 10.8 Å². The number of hydrogen-bond donors (Lipinski definition) is 2. The van der Waals surface area contributed by atoms with Crippen molar-refractivity contribution in [3.05, 3.63) is 29.6 Å². The van der Waals surface area contributed by atoms with Crippen molar-refractivity contribution in [1.29, 1.82) is 0 Å². The van der Waals surface area contributed by atoms with Crippen LogP contribution in [0.3, 0.4) is 0 Å². The average molecular weight is 280 g/mol. The van der Waals surface area contributed by atoms with Crippen molar-refractivity contribution >= 4 is 28.8 Å². The summed E-state index contributed by atoms with van der Waals surface area (Å²) in [5.41, 5.74) is 6.39. The monoisotopic (exact) mass is 280 g/mol. The van der Waals surface area contributed by atoms with Gasteiger partial charge in [0.2, 0.25) is 5.91 Å². The van der Waals surface area contributed by atoms with Crippen molar-refractivity contribution in [2.45, 2.75) is 32.1 Å². The van der Waals surface area contributed by atoms with Gasteiger partial charge in [-0.1, -0.05) is 25.1 Å². The Morgan fingerprint density at radius 1 is 1.42 bits per heavy atom. The van der Waals surface area contributed by atoms with Gasteiger partial charge < -0.3 is 11.1 Å². The molecule has 0 unspecified atom stereocenters. The average Bonchev–Trinajstić information content (AvgIpc) is 2.83. The summed E-state index contributed by atoms with van der Waals surface area (Å²) in [5.74, 6) is -0.0127. The molecule has 1 fully saturated rings. The first-order valence-corrected chi connectivity index (χ1v) is 6.86. The van der Waals surface area contributed by atoms with Crippen LogP contribution in [0.25, 0.3) is 0 Å². The van der Waals surface area contributed by atoms with E-state index in [-0.39, 0.29) is 10.9 Å². The molecule has 0 aliphatic heterocycles. The molecule has 102 valence electrons. The Kier molecular flexibility index (Phi) is 4.47. The van der Waals surface area contributed by atoms with Crippen molar-refractivity contribution in [1.82, 2.24) is 0 Å². The highest BCUT2D eigenvalue weighted by atomic mass is 32.1. The number of carbonyl (C=O) groups is 1. The van der Waals surface area contributed by atoms with Crippen LogP contribution < -0.4 is 11.1 Å². The second kappa shape index (κ2) is 6.10. The Labute approximate surface area is 117 Å². The van der Waals surface area contributed by atoms with Gasteiger partial charge in [0, 0.05) is 12.0 Å². The molecule has 0 radical (unpaired) electrons. The van der Waals surface area contributed by atoms with Crippen molar-refractivity contribution in [2.24, 2.45) is 11.7 Å². The third-order valence-electron chi connectivity index (χ3n) is 3.47. The van der Waals surface area contributed by atoms with Crippen LogP contribution in [0.4, 0.5) is 10.1 Å². The van der Waals surface area contributed by atoms with Gasteiger partial charge in [0.25, 0.3) is 0 Å². The third kappa shape index (κ3) is 3.73. The maximum Gasteiger partial charge on any atom is 0.224 e. The highest BCUT2D eigenvalue weighted by molar-refractivity contribution is 7.80. The number of halogens is 1. The molecule has 2 rings (SSSR count). The molecule has 1 aliphatic carbocycles. The third-order valence-corrected chi connectivity index (χ3v) is 3.69. The lowest BCUT2D eigenvalue weighted by Crippen LogP contribution is -2.19. The lowest BCUT2D eigenvalue weighted by Gasteiger charge is -2.12. The Morgan fingerprint density at radius 2 is 2.11 bits per heavy atom. The second-order valence-electron chi connectivity index (χ2n) is 4.96. The van der Waals surface area contributed by atoms with Gasteiger partial charge in [-0.25, -0.2) is 4.39 Å². The summed E-state index contributed by atoms with van der Waals surface area (Å²) < 4.78 is 13.1. The van der Waals surface area contributed by atoms with E-state index < -0.39 is 5.82 Å². The van der Waals surface area contributed by atoms with Crippen LogP contribution in [0.2, 0.25) is 0 Å². The number of carbonyl (C=O) groups excluding carboxylic acids is 1. The Bertz CT molecular complexity index is 498. The number of hydrogen-bond acceptors (Lipinski definition) is 2. The van der Waals surface area contributed by atoms with Crippen LogP contribution in [-0.2, 0) is 4.79 Å². The zero-order valence-electron chi connectivity index (χ0n) is 10.6. The Balaban J connectivity index is 2.05. The lowest BCUT2D eigenvalue weighted by molar-refractivity contribution is -0.117. The zero-order chi connectivity index (χ0) is 13.8. The molecule has 19 heavy (non-hydrogen) atoms. The molecule has 0 atom stereocenters. The Hall–Kier alpha value is -1.49. The van der Waals surface area contributed by atoms with Crippen LogP contribution in [-0.4, -0.2) is 10.9 Å². The van der Waals surface area contributed by atoms with E-state index >= 15 is 0 Å². The predicted octanol–water partition coefficient (Wildman–Crippen LogP) is 2.98. The van der Waals surface area contributed by atoms with Crippen molar-refractivity contribution in [3.63, 3.8) is 0 Å². The minimum Gasteiger partial charge on any atom is -0.389 e. The molecule has 0 spiro atoms. The molecule has 0 bridgehead atoms. The number of nitrogens with two attached hydrogens (primary N) is 1. The summed E-state index contributed by atoms with van der Waals surface area (Å²) in [4.78, 5) is 12.0. The smallest absolute Gasteiger partial charge is 0.224 e. The number of nitrogens with one attached hydrogen (secondary N) is 1. The van der Waals surface area contributed by atoms with Gasteiger partial charge in [0.05, 0.1) is 5.69 Å². The van der Waals surface area contributed by atoms with Gasteiger partial charge in [-0.15, -0.1) is 0 Å². The maximum absolute atomic E-state index is 13.1. The standard InChI is InChI=1S/C14H17FN2OS/c15-10-5-6-12(11(8-10)14(16)19)17-13(18)7-9-3-1-2-4-9/h5-6,8-9H,1-4,7H2,(H2,16,19)(H,17,18). The van der Waals surface area contributed by atoms with Gasteiger partial charge in [-0.05, 0) is 37.0 Å². The SMILES string of the molecule is NC(=S)c1cc(F)ccc1NC(=O)CC1CCCC1. The largest absolute Gasteiger partial charge is 0.389 e. The number of anilines is 1. The van der Waals surface area contributed by atoms with Crippen molar-refractivity contribution in [3.8, 4) is 0 Å². The molecular weight excluding hydrogens is 263 g/mol. The second-order valence-corrected chi connectivity index (χ2v) is 5.40. The summed E-state index contributed by atoms with van der Waals surface area (Å²) in [6.07, 6.45) is 5.13. The molecule has 5 heteroatoms. The summed E-state index contributed by atoms with van der Waals surface area (Å²) in [7, 11) is 0.